The van der Waals surface area contributed by atoms with Crippen molar-refractivity contribution >= 4 is 11.8 Å². The van der Waals surface area contributed by atoms with E-state index in [1.165, 1.54) is 24.9 Å². The van der Waals surface area contributed by atoms with Gasteiger partial charge in [-0.15, -0.1) is 0 Å². The molecule has 2 rings (SSSR count). The van der Waals surface area contributed by atoms with Crippen LogP contribution in [0.2, 0.25) is 0 Å². The quantitative estimate of drug-likeness (QED) is 0.675. The standard InChI is InChI=1S/C10H11N5O3/c16-9-3-8(12-5-13-9)11-1-2-15-4-7(10(17)18)14-6-15/h3-6H,1-2H2,(H,17,18)(H2,11,12,13,16). The smallest absolute Gasteiger partial charge is 0.356 e. The molecule has 0 radical (unpaired) electrons. The van der Waals surface area contributed by atoms with Crippen LogP contribution in [0.15, 0.2) is 29.7 Å². The Bertz CT molecular complexity index is 603. The van der Waals surface area contributed by atoms with E-state index in [2.05, 4.69) is 20.3 Å². The molecule has 0 aliphatic heterocycles. The molecule has 0 aliphatic rings. The number of H-pyrrole nitrogens is 1. The highest BCUT2D eigenvalue weighted by molar-refractivity contribution is 5.84. The van der Waals surface area contributed by atoms with E-state index >= 15 is 0 Å². The highest BCUT2D eigenvalue weighted by Gasteiger charge is 2.05. The van der Waals surface area contributed by atoms with Gasteiger partial charge < -0.3 is 20.0 Å². The van der Waals surface area contributed by atoms with Gasteiger partial charge in [-0.05, 0) is 0 Å². The number of aromatic carboxylic acids is 1. The van der Waals surface area contributed by atoms with E-state index in [9.17, 15) is 9.59 Å². The Morgan fingerprint density at radius 3 is 3.00 bits per heavy atom. The highest BCUT2D eigenvalue weighted by Crippen LogP contribution is 1.98. The van der Waals surface area contributed by atoms with E-state index in [-0.39, 0.29) is 11.3 Å². The first kappa shape index (κ1) is 11.8. The van der Waals surface area contributed by atoms with Gasteiger partial charge in [0.05, 0.1) is 12.7 Å². The Balaban J connectivity index is 1.88. The minimum absolute atomic E-state index is 0.00396. The minimum atomic E-state index is -1.06. The van der Waals surface area contributed by atoms with Crippen LogP contribution in [-0.2, 0) is 6.54 Å². The first-order valence-corrected chi connectivity index (χ1v) is 5.19. The van der Waals surface area contributed by atoms with Crippen molar-refractivity contribution in [2.24, 2.45) is 0 Å². The number of carboxylic acids is 1. The van der Waals surface area contributed by atoms with Gasteiger partial charge in [-0.1, -0.05) is 0 Å². The lowest BCUT2D eigenvalue weighted by Gasteiger charge is -2.04. The molecule has 2 aromatic rings. The minimum Gasteiger partial charge on any atom is -0.476 e. The van der Waals surface area contributed by atoms with E-state index in [1.807, 2.05) is 0 Å². The number of hydrogen-bond acceptors (Lipinski definition) is 5. The first-order valence-electron chi connectivity index (χ1n) is 5.19. The van der Waals surface area contributed by atoms with Crippen molar-refractivity contribution in [3.8, 4) is 0 Å². The fraction of sp³-hybridized carbons (Fsp3) is 0.200. The Hall–Kier alpha value is -2.64. The second-order valence-corrected chi connectivity index (χ2v) is 3.53. The molecule has 3 N–H and O–H groups in total. The summed E-state index contributed by atoms with van der Waals surface area (Å²) in [5.41, 5.74) is -0.229. The van der Waals surface area contributed by atoms with Crippen LogP contribution in [0.25, 0.3) is 0 Å². The summed E-state index contributed by atoms with van der Waals surface area (Å²) in [5, 5.41) is 11.6. The average molecular weight is 249 g/mol. The molecule has 18 heavy (non-hydrogen) atoms. The largest absolute Gasteiger partial charge is 0.476 e. The second-order valence-electron chi connectivity index (χ2n) is 3.53. The molecular weight excluding hydrogens is 238 g/mol. The van der Waals surface area contributed by atoms with Crippen molar-refractivity contribution < 1.29 is 9.90 Å². The maximum absolute atomic E-state index is 11.0. The number of rotatable bonds is 5. The van der Waals surface area contributed by atoms with Gasteiger partial charge in [-0.2, -0.15) is 0 Å². The van der Waals surface area contributed by atoms with Gasteiger partial charge in [0.2, 0.25) is 0 Å². The third kappa shape index (κ3) is 2.94. The molecule has 0 aromatic carbocycles. The second kappa shape index (κ2) is 5.13. The van der Waals surface area contributed by atoms with E-state index in [0.717, 1.165) is 0 Å². The molecule has 0 saturated heterocycles. The molecular formula is C10H11N5O3. The van der Waals surface area contributed by atoms with Crippen molar-refractivity contribution in [1.82, 2.24) is 19.5 Å². The fourth-order valence-electron chi connectivity index (χ4n) is 1.37. The molecule has 0 amide bonds. The third-order valence-corrected chi connectivity index (χ3v) is 2.21. The molecule has 8 heteroatoms. The van der Waals surface area contributed by atoms with Crippen LogP contribution in [-0.4, -0.2) is 37.1 Å². The third-order valence-electron chi connectivity index (χ3n) is 2.21. The van der Waals surface area contributed by atoms with Gasteiger partial charge in [-0.3, -0.25) is 4.79 Å². The highest BCUT2D eigenvalue weighted by atomic mass is 16.4. The summed E-state index contributed by atoms with van der Waals surface area (Å²) in [6.45, 7) is 1.03. The van der Waals surface area contributed by atoms with Gasteiger partial charge >= 0.3 is 5.97 Å². The maximum atomic E-state index is 11.0. The lowest BCUT2D eigenvalue weighted by atomic mass is 10.5. The lowest BCUT2D eigenvalue weighted by Crippen LogP contribution is -2.13. The number of nitrogens with zero attached hydrogens (tertiary/aromatic N) is 3. The summed E-state index contributed by atoms with van der Waals surface area (Å²) in [5.74, 6) is -0.588. The molecule has 0 unspecified atom stereocenters. The van der Waals surface area contributed by atoms with Crippen LogP contribution in [0.4, 0.5) is 5.82 Å². The summed E-state index contributed by atoms with van der Waals surface area (Å²) in [6.07, 6.45) is 4.19. The first-order chi connectivity index (χ1) is 8.65. The van der Waals surface area contributed by atoms with Crippen molar-refractivity contribution in [2.45, 2.75) is 6.54 Å². The molecule has 8 nitrogen and oxygen atoms in total. The van der Waals surface area contributed by atoms with E-state index in [0.29, 0.717) is 18.9 Å². The van der Waals surface area contributed by atoms with Gasteiger partial charge in [0.15, 0.2) is 5.69 Å². The summed E-state index contributed by atoms with van der Waals surface area (Å²) >= 11 is 0. The Labute approximate surface area is 101 Å². The van der Waals surface area contributed by atoms with Crippen LogP contribution in [0.1, 0.15) is 10.5 Å². The maximum Gasteiger partial charge on any atom is 0.356 e. The Kier molecular flexibility index (Phi) is 3.37. The normalized spacial score (nSPS) is 10.2. The van der Waals surface area contributed by atoms with E-state index in [4.69, 9.17) is 5.11 Å². The van der Waals surface area contributed by atoms with Crippen molar-refractivity contribution in [2.75, 3.05) is 11.9 Å². The number of anilines is 1. The summed E-state index contributed by atoms with van der Waals surface area (Å²) in [4.78, 5) is 31.6. The molecule has 0 saturated carbocycles. The van der Waals surface area contributed by atoms with Crippen LogP contribution in [0.5, 0.6) is 0 Å². The zero-order chi connectivity index (χ0) is 13.0. The van der Waals surface area contributed by atoms with Crippen LogP contribution in [0, 0.1) is 0 Å². The SMILES string of the molecule is O=C(O)c1cn(CCNc2cc(=O)[nH]cn2)cn1. The van der Waals surface area contributed by atoms with Crippen LogP contribution >= 0.6 is 0 Å². The fourth-order valence-corrected chi connectivity index (χ4v) is 1.37. The number of carboxylic acid groups (broad SMARTS) is 1. The number of hydrogen-bond donors (Lipinski definition) is 3. The monoisotopic (exact) mass is 249 g/mol. The molecule has 0 atom stereocenters. The molecule has 0 fully saturated rings. The predicted octanol–water partition coefficient (Wildman–Crippen LogP) is -0.223. The van der Waals surface area contributed by atoms with Crippen molar-refractivity contribution in [3.63, 3.8) is 0 Å². The van der Waals surface area contributed by atoms with Crippen LogP contribution in [0.3, 0.4) is 0 Å². The molecule has 2 heterocycles. The van der Waals surface area contributed by atoms with Gasteiger partial charge in [0.1, 0.15) is 5.82 Å². The molecule has 0 bridgehead atoms. The van der Waals surface area contributed by atoms with Crippen LogP contribution < -0.4 is 10.9 Å². The topological polar surface area (TPSA) is 113 Å². The van der Waals surface area contributed by atoms with Gasteiger partial charge in [-0.25, -0.2) is 14.8 Å². The van der Waals surface area contributed by atoms with E-state index < -0.39 is 5.97 Å². The predicted molar refractivity (Wildman–Crippen MR) is 62.5 cm³/mol. The van der Waals surface area contributed by atoms with Crippen molar-refractivity contribution in [1.29, 1.82) is 0 Å². The zero-order valence-electron chi connectivity index (χ0n) is 9.33. The van der Waals surface area contributed by atoms with Crippen molar-refractivity contribution in [3.05, 3.63) is 41.0 Å². The number of aromatic nitrogens is 4. The molecule has 0 spiro atoms. The van der Waals surface area contributed by atoms with Gasteiger partial charge in [0.25, 0.3) is 5.56 Å². The zero-order valence-corrected chi connectivity index (χ0v) is 9.33. The summed E-state index contributed by atoms with van der Waals surface area (Å²) < 4.78 is 1.64. The number of imidazole rings is 1. The number of nitrogens with one attached hydrogen (secondary N) is 2. The van der Waals surface area contributed by atoms with Gasteiger partial charge in [0, 0.05) is 25.4 Å². The number of carbonyl (C=O) groups is 1. The lowest BCUT2D eigenvalue weighted by molar-refractivity contribution is 0.0691. The molecule has 0 aliphatic carbocycles. The summed E-state index contributed by atoms with van der Waals surface area (Å²) in [7, 11) is 0. The molecule has 2 aromatic heterocycles. The Morgan fingerprint density at radius 2 is 2.33 bits per heavy atom. The van der Waals surface area contributed by atoms with E-state index in [1.54, 1.807) is 4.57 Å². The number of aromatic amines is 1. The average Bonchev–Trinajstić information content (AvgIpc) is 2.78. The molecule has 94 valence electrons. The summed E-state index contributed by atoms with van der Waals surface area (Å²) in [6, 6.07) is 1.34. The Morgan fingerprint density at radius 1 is 1.50 bits per heavy atom.